The molecule has 0 aliphatic carbocycles. The van der Waals surface area contributed by atoms with Crippen LogP contribution in [0.25, 0.3) is 11.2 Å². The quantitative estimate of drug-likeness (QED) is 0.317. The van der Waals surface area contributed by atoms with Crippen molar-refractivity contribution in [1.29, 1.82) is 0 Å². The van der Waals surface area contributed by atoms with Crippen LogP contribution in [-0.4, -0.2) is 61.8 Å². The molecule has 0 amide bonds. The highest BCUT2D eigenvalue weighted by atomic mass is 35.5. The number of carbonyl (C=O) groups is 1. The molecule has 6 atom stereocenters. The topological polar surface area (TPSA) is 153 Å². The van der Waals surface area contributed by atoms with Crippen molar-refractivity contribution in [3.8, 4) is 0 Å². The van der Waals surface area contributed by atoms with E-state index < -0.39 is 37.1 Å². The molecule has 4 rings (SSSR count). The van der Waals surface area contributed by atoms with E-state index in [1.54, 1.807) is 25.3 Å². The molecule has 2 aromatic heterocycles. The minimum Gasteiger partial charge on any atom is -0.464 e. The third-order valence-electron chi connectivity index (χ3n) is 5.99. The number of nitrogens with one attached hydrogen (secondary N) is 1. The second kappa shape index (κ2) is 9.33. The Morgan fingerprint density at radius 3 is 2.79 bits per heavy atom. The van der Waals surface area contributed by atoms with Gasteiger partial charge in [-0.15, -0.1) is 11.6 Å². The molecule has 0 bridgehead atoms. The van der Waals surface area contributed by atoms with Gasteiger partial charge in [-0.2, -0.15) is 0 Å². The summed E-state index contributed by atoms with van der Waals surface area (Å²) in [5.74, 6) is -0.389. The van der Waals surface area contributed by atoms with Gasteiger partial charge in [0.2, 0.25) is 0 Å². The molecule has 34 heavy (non-hydrogen) atoms. The number of nitrogen functional groups attached to an aromatic ring is 1. The average molecular weight is 517 g/mol. The number of aromatic nitrogens is 4. The first-order valence-electron chi connectivity index (χ1n) is 11.1. The third-order valence-corrected chi connectivity index (χ3v) is 8.03. The number of alkyl halides is 1. The van der Waals surface area contributed by atoms with Crippen LogP contribution in [0.3, 0.4) is 0 Å². The summed E-state index contributed by atoms with van der Waals surface area (Å²) in [4.78, 5) is 23.2. The van der Waals surface area contributed by atoms with E-state index >= 15 is 0 Å². The van der Waals surface area contributed by atoms with Crippen LogP contribution >= 0.6 is 19.3 Å². The zero-order chi connectivity index (χ0) is 24.8. The van der Waals surface area contributed by atoms with Crippen molar-refractivity contribution in [3.63, 3.8) is 0 Å². The normalized spacial score (nSPS) is 32.3. The van der Waals surface area contributed by atoms with Gasteiger partial charge in [0.15, 0.2) is 17.7 Å². The highest BCUT2D eigenvalue weighted by Gasteiger charge is 2.60. The number of hydrogen-bond acceptors (Lipinski definition) is 10. The van der Waals surface area contributed by atoms with Gasteiger partial charge in [-0.25, -0.2) is 24.6 Å². The maximum atomic E-state index is 13.5. The van der Waals surface area contributed by atoms with Gasteiger partial charge in [-0.1, -0.05) is 27.7 Å². The molecule has 2 fully saturated rings. The maximum Gasteiger partial charge on any atom is 0.406 e. The molecule has 12 nitrogen and oxygen atoms in total. The lowest BCUT2D eigenvalue weighted by Crippen LogP contribution is -2.47. The van der Waals surface area contributed by atoms with Gasteiger partial charge in [0.1, 0.15) is 35.5 Å². The lowest BCUT2D eigenvalue weighted by Gasteiger charge is -2.37. The Balaban J connectivity index is 1.52. The monoisotopic (exact) mass is 516 g/mol. The van der Waals surface area contributed by atoms with Crippen LogP contribution in [-0.2, 0) is 27.9 Å². The zero-order valence-corrected chi connectivity index (χ0v) is 21.3. The number of esters is 1. The third kappa shape index (κ3) is 4.67. The van der Waals surface area contributed by atoms with Gasteiger partial charge in [0.05, 0.1) is 24.9 Å². The van der Waals surface area contributed by atoms with Gasteiger partial charge in [-0.05, 0) is 12.8 Å². The summed E-state index contributed by atoms with van der Waals surface area (Å²) < 4.78 is 38.2. The predicted molar refractivity (Wildman–Crippen MR) is 124 cm³/mol. The summed E-state index contributed by atoms with van der Waals surface area (Å²) in [7, 11) is -3.79. The molecular formula is C20H30ClN6O6P. The Kier molecular flexibility index (Phi) is 6.93. The fourth-order valence-corrected chi connectivity index (χ4v) is 6.27. The molecule has 2 saturated heterocycles. The summed E-state index contributed by atoms with van der Waals surface area (Å²) in [6.07, 6.45) is 0.762. The van der Waals surface area contributed by atoms with Crippen LogP contribution in [0.1, 0.15) is 40.8 Å². The van der Waals surface area contributed by atoms with Crippen molar-refractivity contribution >= 4 is 42.3 Å². The van der Waals surface area contributed by atoms with E-state index in [-0.39, 0.29) is 36.8 Å². The Bertz CT molecular complexity index is 1110. The fraction of sp³-hybridized carbons (Fsp3) is 0.700. The van der Waals surface area contributed by atoms with Crippen molar-refractivity contribution in [2.24, 2.45) is 11.8 Å². The number of imidazole rings is 1. The van der Waals surface area contributed by atoms with E-state index in [0.29, 0.717) is 11.2 Å². The SMILES string of the molecule is CC(C)C(=O)OCC(NP1(=O)OCC2OC(n3cnc4c(N)ncnc43)C(C)(Cl)C2O1)C(C)C. The first-order valence-corrected chi connectivity index (χ1v) is 13.0. The fourth-order valence-electron chi connectivity index (χ4n) is 3.89. The van der Waals surface area contributed by atoms with E-state index in [4.69, 9.17) is 35.9 Å². The number of anilines is 1. The van der Waals surface area contributed by atoms with Crippen molar-refractivity contribution in [2.75, 3.05) is 18.9 Å². The molecule has 3 N–H and O–H groups in total. The van der Waals surface area contributed by atoms with Gasteiger partial charge < -0.3 is 15.2 Å². The van der Waals surface area contributed by atoms with E-state index in [1.807, 2.05) is 13.8 Å². The summed E-state index contributed by atoms with van der Waals surface area (Å²) in [6, 6.07) is -0.456. The number of hydrogen-bond donors (Lipinski definition) is 2. The van der Waals surface area contributed by atoms with Crippen molar-refractivity contribution in [1.82, 2.24) is 24.6 Å². The first kappa shape index (κ1) is 25.3. The maximum absolute atomic E-state index is 13.5. The Morgan fingerprint density at radius 1 is 1.38 bits per heavy atom. The summed E-state index contributed by atoms with van der Waals surface area (Å²) in [5.41, 5.74) is 6.78. The molecule has 6 unspecified atom stereocenters. The van der Waals surface area contributed by atoms with E-state index in [9.17, 15) is 9.36 Å². The van der Waals surface area contributed by atoms with E-state index in [2.05, 4.69) is 20.0 Å². The van der Waals surface area contributed by atoms with Crippen molar-refractivity contribution in [2.45, 2.75) is 64.0 Å². The number of rotatable bonds is 7. The lowest BCUT2D eigenvalue weighted by molar-refractivity contribution is -0.148. The zero-order valence-electron chi connectivity index (χ0n) is 19.7. The van der Waals surface area contributed by atoms with E-state index in [1.165, 1.54) is 12.7 Å². The highest BCUT2D eigenvalue weighted by Crippen LogP contribution is 2.58. The van der Waals surface area contributed by atoms with Gasteiger partial charge in [0.25, 0.3) is 0 Å². The molecule has 0 spiro atoms. The Labute approximate surface area is 202 Å². The lowest BCUT2D eigenvalue weighted by atomic mass is 10.0. The number of nitrogens with two attached hydrogens (primary N) is 1. The molecule has 0 aromatic carbocycles. The Morgan fingerprint density at radius 2 is 2.12 bits per heavy atom. The number of halogens is 1. The summed E-state index contributed by atoms with van der Waals surface area (Å²) in [5, 5.41) is 2.93. The van der Waals surface area contributed by atoms with Crippen LogP contribution in [0.2, 0.25) is 0 Å². The molecule has 0 radical (unpaired) electrons. The minimum atomic E-state index is -3.79. The molecular weight excluding hydrogens is 487 g/mol. The molecule has 0 saturated carbocycles. The van der Waals surface area contributed by atoms with Crippen LogP contribution in [0.15, 0.2) is 12.7 Å². The van der Waals surface area contributed by atoms with Gasteiger partial charge in [0, 0.05) is 0 Å². The molecule has 188 valence electrons. The number of carbonyl (C=O) groups excluding carboxylic acids is 1. The number of ether oxygens (including phenoxy) is 2. The molecule has 2 aromatic rings. The largest absolute Gasteiger partial charge is 0.464 e. The number of nitrogens with zero attached hydrogens (tertiary/aromatic N) is 4. The molecule has 4 heterocycles. The van der Waals surface area contributed by atoms with Crippen LogP contribution in [0, 0.1) is 11.8 Å². The number of fused-ring (bicyclic) bond motifs is 2. The molecule has 2 aliphatic heterocycles. The average Bonchev–Trinajstić information content (AvgIpc) is 3.30. The molecule has 2 aliphatic rings. The Hall–Kier alpha value is -1.82. The molecule has 14 heteroatoms. The van der Waals surface area contributed by atoms with Crippen molar-refractivity contribution < 1.29 is 27.9 Å². The second-order valence-electron chi connectivity index (χ2n) is 9.34. The van der Waals surface area contributed by atoms with Gasteiger partial charge >= 0.3 is 13.7 Å². The standard InChI is InChI=1S/C20H30ClN6O6P/c1-10(2)12(6-30-18(28)11(3)4)26-34(29)31-7-13-15(33-34)20(5,21)19(32-13)27-9-25-14-16(22)23-8-24-17(14)27/h8-13,15,19H,6-7H2,1-5H3,(H,26,29)(H2,22,23,24). The predicted octanol–water partition coefficient (Wildman–Crippen LogP) is 2.64. The van der Waals surface area contributed by atoms with Crippen LogP contribution in [0.4, 0.5) is 5.82 Å². The van der Waals surface area contributed by atoms with Crippen LogP contribution in [0.5, 0.6) is 0 Å². The highest BCUT2D eigenvalue weighted by molar-refractivity contribution is 7.51. The second-order valence-corrected chi connectivity index (χ2v) is 11.9. The first-order chi connectivity index (χ1) is 15.9. The summed E-state index contributed by atoms with van der Waals surface area (Å²) in [6.45, 7) is 9.08. The van der Waals surface area contributed by atoms with E-state index in [0.717, 1.165) is 0 Å². The minimum absolute atomic E-state index is 0.00585. The smallest absolute Gasteiger partial charge is 0.406 e. The summed E-state index contributed by atoms with van der Waals surface area (Å²) >= 11 is 6.96. The van der Waals surface area contributed by atoms with Crippen LogP contribution < -0.4 is 10.8 Å². The van der Waals surface area contributed by atoms with Crippen molar-refractivity contribution in [3.05, 3.63) is 12.7 Å². The van der Waals surface area contributed by atoms with Gasteiger partial charge in [-0.3, -0.25) is 18.4 Å².